The Bertz CT molecular complexity index is 257. The topological polar surface area (TPSA) is 31.4 Å². The van der Waals surface area contributed by atoms with Crippen molar-refractivity contribution < 1.29 is 9.47 Å². The zero-order valence-corrected chi connectivity index (χ0v) is 8.19. The molecule has 0 radical (unpaired) electrons. The molecule has 1 aromatic heterocycles. The fraction of sp³-hybridized carbons (Fsp3) is 0.545. The number of hydrogen-bond donors (Lipinski definition) is 0. The van der Waals surface area contributed by atoms with Gasteiger partial charge in [0.2, 0.25) is 0 Å². The summed E-state index contributed by atoms with van der Waals surface area (Å²) in [5.74, 6) is 0.870. The lowest BCUT2D eigenvalue weighted by Crippen LogP contribution is -2.25. The van der Waals surface area contributed by atoms with Crippen LogP contribution >= 0.6 is 0 Å². The quantitative estimate of drug-likeness (QED) is 0.736. The molecule has 14 heavy (non-hydrogen) atoms. The molecule has 2 rings (SSSR count). The van der Waals surface area contributed by atoms with Crippen molar-refractivity contribution in [2.24, 2.45) is 0 Å². The first-order chi connectivity index (χ1) is 6.95. The lowest BCUT2D eigenvalue weighted by atomic mass is 10.1. The molecule has 3 heteroatoms. The second kappa shape index (κ2) is 4.96. The van der Waals surface area contributed by atoms with Crippen molar-refractivity contribution in [3.8, 4) is 5.75 Å². The van der Waals surface area contributed by atoms with Crippen LogP contribution in [0, 0.1) is 0 Å². The molecule has 76 valence electrons. The molecule has 1 aliphatic rings. The van der Waals surface area contributed by atoms with E-state index in [1.54, 1.807) is 12.4 Å². The van der Waals surface area contributed by atoms with E-state index in [2.05, 4.69) is 4.98 Å². The molecule has 0 aliphatic carbocycles. The number of nitrogens with zero attached hydrogens (tertiary/aromatic N) is 1. The molecular formula is C11H15NO2. The zero-order chi connectivity index (χ0) is 9.64. The van der Waals surface area contributed by atoms with Crippen LogP contribution in [0.3, 0.4) is 0 Å². The Labute approximate surface area is 84.1 Å². The van der Waals surface area contributed by atoms with Crippen LogP contribution in [0.1, 0.15) is 19.3 Å². The van der Waals surface area contributed by atoms with Crippen LogP contribution in [0.25, 0.3) is 0 Å². The molecule has 0 N–H and O–H groups in total. The number of ether oxygens (including phenoxy) is 2. The fourth-order valence-corrected chi connectivity index (χ4v) is 1.56. The molecule has 1 fully saturated rings. The predicted octanol–water partition coefficient (Wildman–Crippen LogP) is 2.03. The maximum atomic E-state index is 5.58. The van der Waals surface area contributed by atoms with Gasteiger partial charge in [-0.25, -0.2) is 0 Å². The lowest BCUT2D eigenvalue weighted by Gasteiger charge is -2.22. The molecule has 0 amide bonds. The molecule has 0 bridgehead atoms. The summed E-state index contributed by atoms with van der Waals surface area (Å²) in [7, 11) is 0. The van der Waals surface area contributed by atoms with Crippen molar-refractivity contribution >= 4 is 0 Å². The van der Waals surface area contributed by atoms with Gasteiger partial charge in [0.25, 0.3) is 0 Å². The van der Waals surface area contributed by atoms with Crippen LogP contribution in [0.5, 0.6) is 5.75 Å². The number of pyridine rings is 1. The van der Waals surface area contributed by atoms with Crippen LogP contribution in [0.15, 0.2) is 24.5 Å². The van der Waals surface area contributed by atoms with Gasteiger partial charge in [0.1, 0.15) is 12.4 Å². The lowest BCUT2D eigenvalue weighted by molar-refractivity contribution is -0.0110. The first-order valence-electron chi connectivity index (χ1n) is 5.09. The third-order valence-electron chi connectivity index (χ3n) is 2.36. The van der Waals surface area contributed by atoms with E-state index in [0.29, 0.717) is 6.61 Å². The molecule has 1 atom stereocenters. The minimum absolute atomic E-state index is 0.275. The molecule has 0 aromatic carbocycles. The third-order valence-corrected chi connectivity index (χ3v) is 2.36. The van der Waals surface area contributed by atoms with E-state index in [9.17, 15) is 0 Å². The van der Waals surface area contributed by atoms with Gasteiger partial charge in [-0.3, -0.25) is 4.98 Å². The summed E-state index contributed by atoms with van der Waals surface area (Å²) in [5.41, 5.74) is 0. The summed E-state index contributed by atoms with van der Waals surface area (Å²) < 4.78 is 11.1. The second-order valence-electron chi connectivity index (χ2n) is 3.48. The monoisotopic (exact) mass is 193 g/mol. The van der Waals surface area contributed by atoms with Gasteiger partial charge in [-0.05, 0) is 31.4 Å². The summed E-state index contributed by atoms with van der Waals surface area (Å²) in [6, 6.07) is 3.73. The Morgan fingerprint density at radius 1 is 1.36 bits per heavy atom. The Morgan fingerprint density at radius 3 is 2.93 bits per heavy atom. The number of rotatable bonds is 3. The molecule has 0 spiro atoms. The van der Waals surface area contributed by atoms with Crippen molar-refractivity contribution in [2.75, 3.05) is 13.2 Å². The highest BCUT2D eigenvalue weighted by Crippen LogP contribution is 2.14. The van der Waals surface area contributed by atoms with Gasteiger partial charge in [0.05, 0.1) is 6.10 Å². The average molecular weight is 193 g/mol. The molecule has 1 aromatic rings. The van der Waals surface area contributed by atoms with Gasteiger partial charge >= 0.3 is 0 Å². The standard InChI is InChI=1S/C11H15NO2/c1-2-8-13-11(3-1)9-14-10-4-6-12-7-5-10/h4-7,11H,1-3,8-9H2/t11-/m0/s1. The van der Waals surface area contributed by atoms with Gasteiger partial charge in [0.15, 0.2) is 0 Å². The van der Waals surface area contributed by atoms with Gasteiger partial charge in [-0.1, -0.05) is 0 Å². The van der Waals surface area contributed by atoms with Crippen molar-refractivity contribution in [1.29, 1.82) is 0 Å². The summed E-state index contributed by atoms with van der Waals surface area (Å²) in [6.45, 7) is 1.54. The first-order valence-corrected chi connectivity index (χ1v) is 5.09. The minimum atomic E-state index is 0.275. The van der Waals surface area contributed by atoms with E-state index in [-0.39, 0.29) is 6.10 Å². The highest BCUT2D eigenvalue weighted by molar-refractivity contribution is 5.16. The number of hydrogen-bond acceptors (Lipinski definition) is 3. The summed E-state index contributed by atoms with van der Waals surface area (Å²) in [4.78, 5) is 3.93. The van der Waals surface area contributed by atoms with Crippen LogP contribution in [0.2, 0.25) is 0 Å². The van der Waals surface area contributed by atoms with Gasteiger partial charge in [-0.15, -0.1) is 0 Å². The van der Waals surface area contributed by atoms with E-state index in [4.69, 9.17) is 9.47 Å². The van der Waals surface area contributed by atoms with E-state index in [1.165, 1.54) is 12.8 Å². The van der Waals surface area contributed by atoms with Crippen LogP contribution in [-0.4, -0.2) is 24.3 Å². The van der Waals surface area contributed by atoms with Crippen molar-refractivity contribution in [1.82, 2.24) is 4.98 Å². The smallest absolute Gasteiger partial charge is 0.122 e. The van der Waals surface area contributed by atoms with Crippen molar-refractivity contribution in [3.63, 3.8) is 0 Å². The zero-order valence-electron chi connectivity index (χ0n) is 8.19. The average Bonchev–Trinajstić information content (AvgIpc) is 2.29. The Hall–Kier alpha value is -1.09. The van der Waals surface area contributed by atoms with Crippen LogP contribution < -0.4 is 4.74 Å². The molecule has 1 saturated heterocycles. The second-order valence-corrected chi connectivity index (χ2v) is 3.48. The first kappa shape index (κ1) is 9.46. The molecule has 0 saturated carbocycles. The molecule has 2 heterocycles. The molecule has 1 aliphatic heterocycles. The van der Waals surface area contributed by atoms with Gasteiger partial charge < -0.3 is 9.47 Å². The van der Waals surface area contributed by atoms with Crippen LogP contribution in [0.4, 0.5) is 0 Å². The summed E-state index contributed by atoms with van der Waals surface area (Å²) in [5, 5.41) is 0. The maximum Gasteiger partial charge on any atom is 0.122 e. The highest BCUT2D eigenvalue weighted by Gasteiger charge is 2.13. The Balaban J connectivity index is 1.76. The summed E-state index contributed by atoms with van der Waals surface area (Å²) >= 11 is 0. The molecular weight excluding hydrogens is 178 g/mol. The van der Waals surface area contributed by atoms with Crippen LogP contribution in [-0.2, 0) is 4.74 Å². The number of aromatic nitrogens is 1. The maximum absolute atomic E-state index is 5.58. The normalized spacial score (nSPS) is 21.9. The van der Waals surface area contributed by atoms with Gasteiger partial charge in [0, 0.05) is 19.0 Å². The fourth-order valence-electron chi connectivity index (χ4n) is 1.56. The van der Waals surface area contributed by atoms with E-state index < -0.39 is 0 Å². The Kier molecular flexibility index (Phi) is 3.35. The van der Waals surface area contributed by atoms with Crippen molar-refractivity contribution in [3.05, 3.63) is 24.5 Å². The Morgan fingerprint density at radius 2 is 2.21 bits per heavy atom. The highest BCUT2D eigenvalue weighted by atomic mass is 16.5. The minimum Gasteiger partial charge on any atom is -0.491 e. The largest absolute Gasteiger partial charge is 0.491 e. The van der Waals surface area contributed by atoms with E-state index in [0.717, 1.165) is 18.8 Å². The van der Waals surface area contributed by atoms with Gasteiger partial charge in [-0.2, -0.15) is 0 Å². The van der Waals surface area contributed by atoms with E-state index in [1.807, 2.05) is 12.1 Å². The predicted molar refractivity (Wildman–Crippen MR) is 53.3 cm³/mol. The third kappa shape index (κ3) is 2.70. The summed E-state index contributed by atoms with van der Waals surface area (Å²) in [6.07, 6.45) is 7.30. The molecule has 0 unspecified atom stereocenters. The molecule has 3 nitrogen and oxygen atoms in total. The van der Waals surface area contributed by atoms with E-state index >= 15 is 0 Å². The van der Waals surface area contributed by atoms with Crippen molar-refractivity contribution in [2.45, 2.75) is 25.4 Å². The SMILES string of the molecule is c1cc(OC[C@@H]2CCCCO2)ccn1.